The lowest BCUT2D eigenvalue weighted by molar-refractivity contribution is -0.0452. The smallest absolute Gasteiger partial charge is 0.0813 e. The van der Waals surface area contributed by atoms with E-state index in [2.05, 4.69) is 12.2 Å². The van der Waals surface area contributed by atoms with E-state index in [1.54, 1.807) is 0 Å². The van der Waals surface area contributed by atoms with Crippen LogP contribution in [0.25, 0.3) is 0 Å². The van der Waals surface area contributed by atoms with E-state index in [0.717, 1.165) is 12.0 Å². The number of aliphatic hydroxyl groups is 2. The molecule has 0 saturated carbocycles. The fraction of sp³-hybridized carbons (Fsp3) is 0.733. The van der Waals surface area contributed by atoms with E-state index in [1.807, 2.05) is 34.6 Å². The van der Waals surface area contributed by atoms with Crippen LogP contribution in [0.1, 0.15) is 47.5 Å². The van der Waals surface area contributed by atoms with Gasteiger partial charge >= 0.3 is 0 Å². The van der Waals surface area contributed by atoms with E-state index in [9.17, 15) is 10.2 Å². The topological polar surface area (TPSA) is 40.5 Å². The van der Waals surface area contributed by atoms with Crippen LogP contribution in [0.5, 0.6) is 0 Å². The van der Waals surface area contributed by atoms with Crippen molar-refractivity contribution in [1.29, 1.82) is 0 Å². The predicted octanol–water partition coefficient (Wildman–Crippen LogP) is 3.06. The maximum atomic E-state index is 10.5. The van der Waals surface area contributed by atoms with E-state index in [0.29, 0.717) is 6.42 Å². The summed E-state index contributed by atoms with van der Waals surface area (Å²) in [7, 11) is 0. The summed E-state index contributed by atoms with van der Waals surface area (Å²) in [6, 6.07) is 0. The molecule has 0 spiro atoms. The van der Waals surface area contributed by atoms with Gasteiger partial charge in [-0.1, -0.05) is 24.6 Å². The molecule has 1 aliphatic carbocycles. The zero-order valence-electron chi connectivity index (χ0n) is 11.7. The Labute approximate surface area is 105 Å². The molecule has 2 N–H and O–H groups in total. The fourth-order valence-corrected chi connectivity index (χ4v) is 2.64. The van der Waals surface area contributed by atoms with Crippen molar-refractivity contribution in [1.82, 2.24) is 0 Å². The monoisotopic (exact) mass is 238 g/mol. The lowest BCUT2D eigenvalue weighted by Crippen LogP contribution is -2.44. The maximum Gasteiger partial charge on any atom is 0.0813 e. The molecule has 0 heterocycles. The van der Waals surface area contributed by atoms with E-state index in [-0.39, 0.29) is 11.8 Å². The first kappa shape index (κ1) is 14.5. The summed E-state index contributed by atoms with van der Waals surface area (Å²) < 4.78 is 0. The summed E-state index contributed by atoms with van der Waals surface area (Å²) in [6.45, 7) is 9.92. The van der Waals surface area contributed by atoms with Crippen LogP contribution in [-0.2, 0) is 0 Å². The number of hydrogen-bond acceptors (Lipinski definition) is 2. The Hall–Kier alpha value is -0.600. The normalized spacial score (nSPS) is 32.6. The number of hydrogen-bond donors (Lipinski definition) is 2. The zero-order valence-corrected chi connectivity index (χ0v) is 11.7. The molecule has 0 radical (unpaired) electrons. The highest BCUT2D eigenvalue weighted by atomic mass is 16.3. The summed E-state index contributed by atoms with van der Waals surface area (Å²) in [6.07, 6.45) is 5.27. The Kier molecular flexibility index (Phi) is 4.56. The average Bonchev–Trinajstić information content (AvgIpc) is 2.24. The summed E-state index contributed by atoms with van der Waals surface area (Å²) in [5.41, 5.74) is 1.51. The molecule has 0 aliphatic heterocycles. The van der Waals surface area contributed by atoms with Crippen LogP contribution < -0.4 is 0 Å². The van der Waals surface area contributed by atoms with Crippen molar-refractivity contribution < 1.29 is 10.2 Å². The van der Waals surface area contributed by atoms with Crippen LogP contribution in [-0.4, -0.2) is 21.9 Å². The third-order valence-corrected chi connectivity index (χ3v) is 4.03. The van der Waals surface area contributed by atoms with Crippen molar-refractivity contribution in [3.05, 3.63) is 23.3 Å². The van der Waals surface area contributed by atoms with Gasteiger partial charge in [0.2, 0.25) is 0 Å². The summed E-state index contributed by atoms with van der Waals surface area (Å²) >= 11 is 0. The van der Waals surface area contributed by atoms with Gasteiger partial charge in [0.05, 0.1) is 11.7 Å². The summed E-state index contributed by atoms with van der Waals surface area (Å²) in [5, 5.41) is 20.8. The van der Waals surface area contributed by atoms with Crippen molar-refractivity contribution in [3.63, 3.8) is 0 Å². The molecule has 0 unspecified atom stereocenters. The van der Waals surface area contributed by atoms with Gasteiger partial charge in [-0.2, -0.15) is 0 Å². The first-order valence-electron chi connectivity index (χ1n) is 6.51. The van der Waals surface area contributed by atoms with Gasteiger partial charge in [0.25, 0.3) is 0 Å². The molecule has 98 valence electrons. The Bertz CT molecular complexity index is 322. The molecule has 4 atom stereocenters. The highest BCUT2D eigenvalue weighted by Gasteiger charge is 2.40. The lowest BCUT2D eigenvalue weighted by Gasteiger charge is -2.41. The van der Waals surface area contributed by atoms with E-state index in [1.165, 1.54) is 5.57 Å². The molecular formula is C15H26O2. The first-order valence-corrected chi connectivity index (χ1v) is 6.51. The number of aliphatic hydroxyl groups excluding tert-OH is 1. The van der Waals surface area contributed by atoms with Crippen molar-refractivity contribution in [2.75, 3.05) is 0 Å². The standard InChI is InChI=1S/C15H26O2/c1-6-15(5,17)13-8-7-11(4)14(16)12(13)9-10(2)3/h7,9,12-14,16-17H,6,8H2,1-5H3/t12-,13-,14-,15-/m1/s1. The minimum atomic E-state index is -0.713. The van der Waals surface area contributed by atoms with Crippen LogP contribution in [0.2, 0.25) is 0 Å². The van der Waals surface area contributed by atoms with Gasteiger partial charge in [0.15, 0.2) is 0 Å². The zero-order chi connectivity index (χ0) is 13.2. The minimum Gasteiger partial charge on any atom is -0.390 e. The molecule has 0 aromatic carbocycles. The largest absolute Gasteiger partial charge is 0.390 e. The van der Waals surface area contributed by atoms with Gasteiger partial charge in [-0.25, -0.2) is 0 Å². The molecule has 0 aromatic rings. The highest BCUT2D eigenvalue weighted by Crippen LogP contribution is 2.39. The maximum absolute atomic E-state index is 10.5. The fourth-order valence-electron chi connectivity index (χ4n) is 2.64. The van der Waals surface area contributed by atoms with Crippen LogP contribution >= 0.6 is 0 Å². The molecule has 1 aliphatic rings. The Balaban J connectivity index is 3.07. The van der Waals surface area contributed by atoms with Crippen LogP contribution in [0, 0.1) is 11.8 Å². The molecule has 0 saturated heterocycles. The summed E-state index contributed by atoms with van der Waals surface area (Å²) in [4.78, 5) is 0. The van der Waals surface area contributed by atoms with E-state index >= 15 is 0 Å². The molecule has 17 heavy (non-hydrogen) atoms. The molecule has 2 nitrogen and oxygen atoms in total. The number of rotatable bonds is 3. The van der Waals surface area contributed by atoms with E-state index < -0.39 is 11.7 Å². The quantitative estimate of drug-likeness (QED) is 0.742. The number of allylic oxidation sites excluding steroid dienone is 2. The van der Waals surface area contributed by atoms with Crippen molar-refractivity contribution in [2.45, 2.75) is 59.2 Å². The van der Waals surface area contributed by atoms with Crippen LogP contribution in [0.4, 0.5) is 0 Å². The molecule has 0 fully saturated rings. The third-order valence-electron chi connectivity index (χ3n) is 4.03. The van der Waals surface area contributed by atoms with Gasteiger partial charge in [-0.15, -0.1) is 0 Å². The van der Waals surface area contributed by atoms with E-state index in [4.69, 9.17) is 0 Å². The Morgan fingerprint density at radius 2 is 2.12 bits per heavy atom. The molecular weight excluding hydrogens is 212 g/mol. The van der Waals surface area contributed by atoms with Crippen LogP contribution in [0.15, 0.2) is 23.3 Å². The minimum absolute atomic E-state index is 0.0277. The SMILES string of the molecule is CC[C@@](C)(O)[C@@H]1CC=C(C)[C@@H](O)[C@@H]1C=C(C)C. The predicted molar refractivity (Wildman–Crippen MR) is 71.7 cm³/mol. The van der Waals surface area contributed by atoms with Crippen molar-refractivity contribution >= 4 is 0 Å². The summed E-state index contributed by atoms with van der Waals surface area (Å²) in [5.74, 6) is 0.126. The van der Waals surface area contributed by atoms with Crippen LogP contribution in [0.3, 0.4) is 0 Å². The molecule has 1 rings (SSSR count). The van der Waals surface area contributed by atoms with Crippen molar-refractivity contribution in [2.24, 2.45) is 11.8 Å². The van der Waals surface area contributed by atoms with Gasteiger partial charge in [-0.05, 0) is 52.0 Å². The lowest BCUT2D eigenvalue weighted by atomic mass is 9.68. The second-order valence-electron chi connectivity index (χ2n) is 5.77. The third kappa shape index (κ3) is 3.20. The highest BCUT2D eigenvalue weighted by molar-refractivity contribution is 5.19. The average molecular weight is 238 g/mol. The Morgan fingerprint density at radius 1 is 1.53 bits per heavy atom. The molecule has 0 amide bonds. The molecule has 2 heteroatoms. The van der Waals surface area contributed by atoms with Gasteiger partial charge < -0.3 is 10.2 Å². The van der Waals surface area contributed by atoms with Crippen molar-refractivity contribution in [3.8, 4) is 0 Å². The Morgan fingerprint density at radius 3 is 2.59 bits per heavy atom. The second kappa shape index (κ2) is 5.36. The molecule has 0 aromatic heterocycles. The second-order valence-corrected chi connectivity index (χ2v) is 5.77. The molecule has 0 bridgehead atoms. The van der Waals surface area contributed by atoms with Gasteiger partial charge in [0, 0.05) is 5.92 Å². The van der Waals surface area contributed by atoms with Gasteiger partial charge in [-0.3, -0.25) is 0 Å². The van der Waals surface area contributed by atoms with Gasteiger partial charge in [0.1, 0.15) is 0 Å². The first-order chi connectivity index (χ1) is 7.79.